The molecular formula is C8H11NOS. The van der Waals surface area contributed by atoms with Gasteiger partial charge in [0.1, 0.15) is 5.01 Å². The van der Waals surface area contributed by atoms with Gasteiger partial charge in [0.25, 0.3) is 0 Å². The largest absolute Gasteiger partial charge is 0.389 e. The number of hydrogen-bond acceptors (Lipinski definition) is 3. The minimum absolute atomic E-state index is 0.390. The average Bonchev–Trinajstić information content (AvgIpc) is 2.35. The Labute approximate surface area is 70.2 Å². The lowest BCUT2D eigenvalue weighted by Gasteiger charge is -1.97. The van der Waals surface area contributed by atoms with Gasteiger partial charge in [-0.3, -0.25) is 0 Å². The van der Waals surface area contributed by atoms with Crippen molar-refractivity contribution in [2.75, 3.05) is 0 Å². The summed E-state index contributed by atoms with van der Waals surface area (Å²) in [6.45, 7) is 3.68. The molecule has 1 aromatic rings. The van der Waals surface area contributed by atoms with Crippen LogP contribution < -0.4 is 0 Å². The van der Waals surface area contributed by atoms with Crippen molar-refractivity contribution in [2.24, 2.45) is 0 Å². The van der Waals surface area contributed by atoms with Crippen molar-refractivity contribution >= 4 is 16.9 Å². The van der Waals surface area contributed by atoms with Crippen molar-refractivity contribution in [3.8, 4) is 0 Å². The monoisotopic (exact) mass is 169 g/mol. The summed E-state index contributed by atoms with van der Waals surface area (Å²) in [5.41, 5.74) is 1.04. The van der Waals surface area contributed by atoms with Crippen molar-refractivity contribution < 1.29 is 5.11 Å². The average molecular weight is 169 g/mol. The van der Waals surface area contributed by atoms with Crippen molar-refractivity contribution in [3.63, 3.8) is 0 Å². The van der Waals surface area contributed by atoms with Crippen LogP contribution in [0.1, 0.15) is 18.9 Å². The molecule has 0 radical (unpaired) electrons. The van der Waals surface area contributed by atoms with Gasteiger partial charge in [-0.25, -0.2) is 4.98 Å². The van der Waals surface area contributed by atoms with E-state index >= 15 is 0 Å². The maximum absolute atomic E-state index is 9.02. The predicted octanol–water partition coefficient (Wildman–Crippen LogP) is 1.93. The van der Waals surface area contributed by atoms with Gasteiger partial charge in [0.05, 0.1) is 6.10 Å². The van der Waals surface area contributed by atoms with Gasteiger partial charge in [0, 0.05) is 11.6 Å². The lowest BCUT2D eigenvalue weighted by Crippen LogP contribution is -1.93. The van der Waals surface area contributed by atoms with E-state index in [0.717, 1.165) is 10.6 Å². The number of rotatable bonds is 2. The van der Waals surface area contributed by atoms with E-state index < -0.39 is 0 Å². The van der Waals surface area contributed by atoms with Crippen LogP contribution in [0.15, 0.2) is 17.7 Å². The predicted molar refractivity (Wildman–Crippen MR) is 47.4 cm³/mol. The first-order chi connectivity index (χ1) is 5.20. The second-order valence-corrected chi connectivity index (χ2v) is 3.32. The van der Waals surface area contributed by atoms with Gasteiger partial charge in [0.15, 0.2) is 0 Å². The quantitative estimate of drug-likeness (QED) is 0.733. The van der Waals surface area contributed by atoms with Gasteiger partial charge >= 0.3 is 0 Å². The molecular weight excluding hydrogens is 158 g/mol. The van der Waals surface area contributed by atoms with Crippen LogP contribution in [0.4, 0.5) is 0 Å². The van der Waals surface area contributed by atoms with Crippen LogP contribution in [0.25, 0.3) is 5.57 Å². The molecule has 0 saturated carbocycles. The molecule has 60 valence electrons. The molecule has 0 aliphatic rings. The number of aliphatic hydroxyl groups excluding tert-OH is 1. The molecule has 0 bridgehead atoms. The molecule has 1 aromatic heterocycles. The SMILES string of the molecule is C/C(=C/C(C)O)c1nccs1. The zero-order valence-corrected chi connectivity index (χ0v) is 7.43. The Kier molecular flexibility index (Phi) is 2.79. The van der Waals surface area contributed by atoms with E-state index in [9.17, 15) is 0 Å². The zero-order chi connectivity index (χ0) is 8.27. The first kappa shape index (κ1) is 8.43. The molecule has 11 heavy (non-hydrogen) atoms. The zero-order valence-electron chi connectivity index (χ0n) is 6.61. The summed E-state index contributed by atoms with van der Waals surface area (Å²) >= 11 is 1.58. The third-order valence-corrected chi connectivity index (χ3v) is 2.17. The van der Waals surface area contributed by atoms with Gasteiger partial charge in [-0.15, -0.1) is 11.3 Å². The van der Waals surface area contributed by atoms with Crippen LogP contribution in [-0.4, -0.2) is 16.2 Å². The Bertz CT molecular complexity index is 239. The number of aromatic nitrogens is 1. The molecule has 1 heterocycles. The molecule has 0 aliphatic heterocycles. The molecule has 0 amide bonds. The van der Waals surface area contributed by atoms with Gasteiger partial charge in [0.2, 0.25) is 0 Å². The summed E-state index contributed by atoms with van der Waals surface area (Å²) in [6.07, 6.45) is 3.16. The van der Waals surface area contributed by atoms with Crippen LogP contribution in [-0.2, 0) is 0 Å². The fourth-order valence-corrected chi connectivity index (χ4v) is 1.48. The molecule has 1 N–H and O–H groups in total. The minimum atomic E-state index is -0.390. The van der Waals surface area contributed by atoms with Crippen LogP contribution >= 0.6 is 11.3 Å². The molecule has 2 nitrogen and oxygen atoms in total. The Hall–Kier alpha value is -0.670. The maximum atomic E-state index is 9.02. The fraction of sp³-hybridized carbons (Fsp3) is 0.375. The van der Waals surface area contributed by atoms with Crippen molar-refractivity contribution in [3.05, 3.63) is 22.7 Å². The summed E-state index contributed by atoms with van der Waals surface area (Å²) in [7, 11) is 0. The molecule has 0 aromatic carbocycles. The Balaban J connectivity index is 2.77. The number of thiazole rings is 1. The fourth-order valence-electron chi connectivity index (χ4n) is 0.851. The van der Waals surface area contributed by atoms with Gasteiger partial charge in [-0.2, -0.15) is 0 Å². The minimum Gasteiger partial charge on any atom is -0.389 e. The van der Waals surface area contributed by atoms with Crippen molar-refractivity contribution in [1.82, 2.24) is 4.98 Å². The van der Waals surface area contributed by atoms with E-state index in [1.807, 2.05) is 12.3 Å². The van der Waals surface area contributed by atoms with Gasteiger partial charge in [-0.05, 0) is 19.4 Å². The highest BCUT2D eigenvalue weighted by molar-refractivity contribution is 7.10. The summed E-state index contributed by atoms with van der Waals surface area (Å²) in [5.74, 6) is 0. The smallest absolute Gasteiger partial charge is 0.118 e. The van der Waals surface area contributed by atoms with Crippen LogP contribution in [0.5, 0.6) is 0 Å². The third-order valence-electron chi connectivity index (χ3n) is 1.26. The van der Waals surface area contributed by atoms with Crippen LogP contribution in [0, 0.1) is 0 Å². The molecule has 0 fully saturated rings. The van der Waals surface area contributed by atoms with E-state index in [-0.39, 0.29) is 6.10 Å². The molecule has 0 saturated heterocycles. The van der Waals surface area contributed by atoms with E-state index in [0.29, 0.717) is 0 Å². The van der Waals surface area contributed by atoms with E-state index in [2.05, 4.69) is 4.98 Å². The van der Waals surface area contributed by atoms with Gasteiger partial charge in [-0.1, -0.05) is 6.08 Å². The first-order valence-electron chi connectivity index (χ1n) is 3.46. The van der Waals surface area contributed by atoms with Crippen molar-refractivity contribution in [1.29, 1.82) is 0 Å². The van der Waals surface area contributed by atoms with E-state index in [1.165, 1.54) is 0 Å². The molecule has 0 aliphatic carbocycles. The standard InChI is InChI=1S/C8H11NOS/c1-6(5-7(2)10)8-9-3-4-11-8/h3-5,7,10H,1-2H3/b6-5-. The summed E-state index contributed by atoms with van der Waals surface area (Å²) < 4.78 is 0. The molecule has 1 atom stereocenters. The Morgan fingerprint density at radius 3 is 3.00 bits per heavy atom. The molecule has 1 rings (SSSR count). The number of hydrogen-bond donors (Lipinski definition) is 1. The normalized spacial score (nSPS) is 15.0. The lowest BCUT2D eigenvalue weighted by molar-refractivity contribution is 0.244. The number of aliphatic hydroxyl groups is 1. The summed E-state index contributed by atoms with van der Waals surface area (Å²) in [4.78, 5) is 4.11. The highest BCUT2D eigenvalue weighted by Crippen LogP contribution is 2.16. The summed E-state index contributed by atoms with van der Waals surface area (Å²) in [5, 5.41) is 11.9. The number of nitrogens with zero attached hydrogens (tertiary/aromatic N) is 1. The second-order valence-electron chi connectivity index (χ2n) is 2.43. The first-order valence-corrected chi connectivity index (χ1v) is 4.34. The van der Waals surface area contributed by atoms with Gasteiger partial charge < -0.3 is 5.11 Å². The second kappa shape index (κ2) is 3.64. The van der Waals surface area contributed by atoms with Crippen molar-refractivity contribution in [2.45, 2.75) is 20.0 Å². The maximum Gasteiger partial charge on any atom is 0.118 e. The topological polar surface area (TPSA) is 33.1 Å². The van der Waals surface area contributed by atoms with E-state index in [1.54, 1.807) is 30.5 Å². The Morgan fingerprint density at radius 2 is 2.55 bits per heavy atom. The molecule has 0 spiro atoms. The lowest BCUT2D eigenvalue weighted by atomic mass is 10.2. The summed E-state index contributed by atoms with van der Waals surface area (Å²) in [6, 6.07) is 0. The van der Waals surface area contributed by atoms with E-state index in [4.69, 9.17) is 5.11 Å². The molecule has 1 unspecified atom stereocenters. The van der Waals surface area contributed by atoms with Crippen LogP contribution in [0.3, 0.4) is 0 Å². The third kappa shape index (κ3) is 2.44. The number of allylic oxidation sites excluding steroid dienone is 1. The highest BCUT2D eigenvalue weighted by Gasteiger charge is 1.98. The van der Waals surface area contributed by atoms with Crippen LogP contribution in [0.2, 0.25) is 0 Å². The Morgan fingerprint density at radius 1 is 1.82 bits per heavy atom. The highest BCUT2D eigenvalue weighted by atomic mass is 32.1. The molecule has 3 heteroatoms.